The van der Waals surface area contributed by atoms with Crippen molar-refractivity contribution in [1.82, 2.24) is 14.6 Å². The van der Waals surface area contributed by atoms with Crippen LogP contribution in [0.1, 0.15) is 28.7 Å². The van der Waals surface area contributed by atoms with Crippen LogP contribution in [0.5, 0.6) is 0 Å². The van der Waals surface area contributed by atoms with Crippen LogP contribution in [0.25, 0.3) is 5.65 Å². The second-order valence-corrected chi connectivity index (χ2v) is 6.78. The molecule has 1 saturated heterocycles. The molecule has 1 aliphatic rings. The Balaban J connectivity index is 2.08. The first kappa shape index (κ1) is 12.1. The van der Waals surface area contributed by atoms with Crippen molar-refractivity contribution >= 4 is 21.5 Å². The Labute approximate surface area is 108 Å². The lowest BCUT2D eigenvalue weighted by molar-refractivity contribution is 0.0687. The van der Waals surface area contributed by atoms with E-state index >= 15 is 0 Å². The van der Waals surface area contributed by atoms with Crippen LogP contribution in [0.2, 0.25) is 0 Å². The van der Waals surface area contributed by atoms with Crippen LogP contribution in [-0.4, -0.2) is 45.6 Å². The number of carboxylic acids is 1. The van der Waals surface area contributed by atoms with Gasteiger partial charge in [-0.3, -0.25) is 0 Å². The summed E-state index contributed by atoms with van der Waals surface area (Å²) in [6.45, 7) is 0. The third-order valence-electron chi connectivity index (χ3n) is 3.19. The first-order valence-corrected chi connectivity index (χ1v) is 7.58. The topological polar surface area (TPSA) is 102 Å². The largest absolute Gasteiger partial charge is 0.477 e. The van der Waals surface area contributed by atoms with Gasteiger partial charge in [-0.15, -0.1) is 0 Å². The van der Waals surface area contributed by atoms with E-state index in [0.717, 1.165) is 0 Å². The van der Waals surface area contributed by atoms with Gasteiger partial charge < -0.3 is 5.11 Å². The maximum Gasteiger partial charge on any atom is 0.354 e. The lowest BCUT2D eigenvalue weighted by atomic mass is 10.1. The van der Waals surface area contributed by atoms with Crippen molar-refractivity contribution in [2.45, 2.75) is 12.3 Å². The Bertz CT molecular complexity index is 765. The molecular weight excluding hydrogens is 270 g/mol. The zero-order chi connectivity index (χ0) is 13.6. The van der Waals surface area contributed by atoms with Crippen LogP contribution < -0.4 is 0 Å². The molecule has 2 aromatic heterocycles. The fourth-order valence-electron chi connectivity index (χ4n) is 2.26. The summed E-state index contributed by atoms with van der Waals surface area (Å²) in [5, 5.41) is 13.2. The normalized spacial score (nSPS) is 21.8. The molecule has 0 aromatic carbocycles. The third kappa shape index (κ3) is 2.07. The lowest BCUT2D eigenvalue weighted by Gasteiger charge is -1.99. The standard InChI is InChI=1S/C11H11N3O4S/c15-11(16)8-2-1-3-9-12-10(13-14(8)9)7-4-5-19(17,18)6-7/h1-3,7H,4-6H2,(H,15,16). The highest BCUT2D eigenvalue weighted by Gasteiger charge is 2.32. The van der Waals surface area contributed by atoms with Crippen LogP contribution >= 0.6 is 0 Å². The van der Waals surface area contributed by atoms with Crippen molar-refractivity contribution < 1.29 is 18.3 Å². The molecule has 1 atom stereocenters. The number of carbonyl (C=O) groups is 1. The molecule has 0 saturated carbocycles. The van der Waals surface area contributed by atoms with Crippen LogP contribution in [0, 0.1) is 0 Å². The molecule has 8 heteroatoms. The van der Waals surface area contributed by atoms with E-state index in [1.54, 1.807) is 12.1 Å². The summed E-state index contributed by atoms with van der Waals surface area (Å²) in [7, 11) is -3.01. The SMILES string of the molecule is O=C(O)c1cccc2nc(C3CCS(=O)(=O)C3)nn12. The molecule has 0 amide bonds. The lowest BCUT2D eigenvalue weighted by Crippen LogP contribution is -2.07. The fourth-order valence-corrected chi connectivity index (χ4v) is 3.99. The third-order valence-corrected chi connectivity index (χ3v) is 4.96. The predicted octanol–water partition coefficient (Wildman–Crippen LogP) is 0.330. The molecule has 7 nitrogen and oxygen atoms in total. The summed E-state index contributed by atoms with van der Waals surface area (Å²) in [6, 6.07) is 4.66. The van der Waals surface area contributed by atoms with Crippen LogP contribution in [0.3, 0.4) is 0 Å². The Kier molecular flexibility index (Phi) is 2.56. The minimum Gasteiger partial charge on any atom is -0.477 e. The van der Waals surface area contributed by atoms with E-state index in [1.165, 1.54) is 10.6 Å². The van der Waals surface area contributed by atoms with E-state index in [2.05, 4.69) is 10.1 Å². The van der Waals surface area contributed by atoms with Gasteiger partial charge in [0.2, 0.25) is 0 Å². The minimum atomic E-state index is -3.01. The summed E-state index contributed by atoms with van der Waals surface area (Å²) in [6.07, 6.45) is 0.488. The van der Waals surface area contributed by atoms with Crippen molar-refractivity contribution in [2.24, 2.45) is 0 Å². The Morgan fingerprint density at radius 2 is 2.21 bits per heavy atom. The van der Waals surface area contributed by atoms with Crippen LogP contribution in [0.4, 0.5) is 0 Å². The van der Waals surface area contributed by atoms with Gasteiger partial charge in [0.25, 0.3) is 0 Å². The molecule has 0 radical (unpaired) electrons. The van der Waals surface area contributed by atoms with Crippen LogP contribution in [-0.2, 0) is 9.84 Å². The van der Waals surface area contributed by atoms with Gasteiger partial charge in [-0.2, -0.15) is 5.10 Å². The van der Waals surface area contributed by atoms with Gasteiger partial charge in [0, 0.05) is 5.92 Å². The zero-order valence-corrected chi connectivity index (χ0v) is 10.7. The quantitative estimate of drug-likeness (QED) is 0.851. The zero-order valence-electron chi connectivity index (χ0n) is 9.85. The molecule has 1 unspecified atom stereocenters. The Hall–Kier alpha value is -1.96. The number of hydrogen-bond donors (Lipinski definition) is 1. The number of nitrogens with zero attached hydrogens (tertiary/aromatic N) is 3. The monoisotopic (exact) mass is 281 g/mol. The van der Waals surface area contributed by atoms with Gasteiger partial charge in [0.05, 0.1) is 11.5 Å². The van der Waals surface area contributed by atoms with E-state index in [1.807, 2.05) is 0 Å². The van der Waals surface area contributed by atoms with Crippen molar-refractivity contribution in [1.29, 1.82) is 0 Å². The van der Waals surface area contributed by atoms with E-state index in [-0.39, 0.29) is 23.1 Å². The molecule has 3 heterocycles. The van der Waals surface area contributed by atoms with Crippen molar-refractivity contribution in [3.8, 4) is 0 Å². The van der Waals surface area contributed by atoms with E-state index < -0.39 is 15.8 Å². The maximum atomic E-state index is 11.4. The second kappa shape index (κ2) is 4.02. The van der Waals surface area contributed by atoms with Crippen molar-refractivity contribution in [2.75, 3.05) is 11.5 Å². The number of aromatic nitrogens is 3. The fraction of sp³-hybridized carbons (Fsp3) is 0.364. The molecule has 0 bridgehead atoms. The molecule has 1 aliphatic heterocycles. The van der Waals surface area contributed by atoms with E-state index in [9.17, 15) is 13.2 Å². The number of pyridine rings is 1. The molecule has 19 heavy (non-hydrogen) atoms. The molecule has 1 N–H and O–H groups in total. The number of fused-ring (bicyclic) bond motifs is 1. The first-order valence-electron chi connectivity index (χ1n) is 5.76. The summed E-state index contributed by atoms with van der Waals surface area (Å²) in [5.74, 6) is -0.770. The van der Waals surface area contributed by atoms with Gasteiger partial charge in [-0.1, -0.05) is 6.07 Å². The Morgan fingerprint density at radius 1 is 1.42 bits per heavy atom. The van der Waals surface area contributed by atoms with E-state index in [0.29, 0.717) is 17.9 Å². The van der Waals surface area contributed by atoms with E-state index in [4.69, 9.17) is 5.11 Å². The number of aromatic carboxylic acids is 1. The van der Waals surface area contributed by atoms with Crippen molar-refractivity contribution in [3.63, 3.8) is 0 Å². The molecule has 100 valence electrons. The minimum absolute atomic E-state index is 0.0112. The smallest absolute Gasteiger partial charge is 0.354 e. The maximum absolute atomic E-state index is 11.4. The number of hydrogen-bond acceptors (Lipinski definition) is 5. The van der Waals surface area contributed by atoms with Crippen molar-refractivity contribution in [3.05, 3.63) is 29.7 Å². The highest BCUT2D eigenvalue weighted by Crippen LogP contribution is 2.27. The molecule has 0 spiro atoms. The second-order valence-electron chi connectivity index (χ2n) is 4.56. The van der Waals surface area contributed by atoms with Crippen LogP contribution in [0.15, 0.2) is 18.2 Å². The highest BCUT2D eigenvalue weighted by molar-refractivity contribution is 7.91. The predicted molar refractivity (Wildman–Crippen MR) is 66.0 cm³/mol. The first-order chi connectivity index (χ1) is 8.96. The Morgan fingerprint density at radius 3 is 2.84 bits per heavy atom. The number of carboxylic acid groups (broad SMARTS) is 1. The highest BCUT2D eigenvalue weighted by atomic mass is 32.2. The molecule has 2 aromatic rings. The molecule has 1 fully saturated rings. The summed E-state index contributed by atoms with van der Waals surface area (Å²) < 4.78 is 24.1. The summed E-state index contributed by atoms with van der Waals surface area (Å²) >= 11 is 0. The van der Waals surface area contributed by atoms with Gasteiger partial charge in [0.1, 0.15) is 0 Å². The van der Waals surface area contributed by atoms with Gasteiger partial charge in [0.15, 0.2) is 27.0 Å². The molecule has 3 rings (SSSR count). The molecule has 0 aliphatic carbocycles. The van der Waals surface area contributed by atoms with Gasteiger partial charge in [-0.25, -0.2) is 22.7 Å². The van der Waals surface area contributed by atoms with Gasteiger partial charge in [-0.05, 0) is 18.6 Å². The number of rotatable bonds is 2. The molecular formula is C11H11N3O4S. The average molecular weight is 281 g/mol. The summed E-state index contributed by atoms with van der Waals surface area (Å²) in [5.41, 5.74) is 0.427. The van der Waals surface area contributed by atoms with Gasteiger partial charge >= 0.3 is 5.97 Å². The number of sulfone groups is 1. The summed E-state index contributed by atoms with van der Waals surface area (Å²) in [4.78, 5) is 15.3. The average Bonchev–Trinajstić information content (AvgIpc) is 2.90.